The zero-order valence-electron chi connectivity index (χ0n) is 11.2. The van der Waals surface area contributed by atoms with Crippen LogP contribution in [0.1, 0.15) is 42.4 Å². The average molecular weight is 257 g/mol. The highest BCUT2D eigenvalue weighted by atomic mass is 16.1. The molecule has 1 aliphatic heterocycles. The number of H-pyrrole nitrogens is 1. The minimum atomic E-state index is -0.0141. The number of ketones is 1. The summed E-state index contributed by atoms with van der Waals surface area (Å²) in [6, 6.07) is 5.74. The van der Waals surface area contributed by atoms with Gasteiger partial charge in [0.2, 0.25) is 0 Å². The zero-order chi connectivity index (χ0) is 13.2. The van der Waals surface area contributed by atoms with E-state index in [1.807, 2.05) is 18.2 Å². The number of Topliss-reactive ketones (excluding diaryl/α,β-unsaturated/α-hetero) is 1. The van der Waals surface area contributed by atoms with Gasteiger partial charge >= 0.3 is 0 Å². The fourth-order valence-electron chi connectivity index (χ4n) is 2.66. The lowest BCUT2D eigenvalue weighted by Gasteiger charge is -2.22. The number of fused-ring (bicyclic) bond motifs is 1. The van der Waals surface area contributed by atoms with Gasteiger partial charge in [0.15, 0.2) is 5.78 Å². The third kappa shape index (κ3) is 2.40. The predicted molar refractivity (Wildman–Crippen MR) is 75.4 cm³/mol. The number of carbonyl (C=O) groups is 1. The largest absolute Gasteiger partial charge is 0.342 e. The summed E-state index contributed by atoms with van der Waals surface area (Å²) < 4.78 is 0. The molecule has 4 heteroatoms. The summed E-state index contributed by atoms with van der Waals surface area (Å²) in [5, 5.41) is 3.31. The van der Waals surface area contributed by atoms with Crippen molar-refractivity contribution in [1.82, 2.24) is 15.3 Å². The van der Waals surface area contributed by atoms with Crippen LogP contribution in [0.3, 0.4) is 0 Å². The highest BCUT2D eigenvalue weighted by molar-refractivity contribution is 6.02. The Labute approximate surface area is 112 Å². The standard InChI is InChI=1S/C15H19N3O/c1-2-14-17-11-7-6-10(9-13(11)18-14)15(19)12-5-3-4-8-16-12/h6-7,9,12,16H,2-5,8H2,1H3,(H,17,18). The van der Waals surface area contributed by atoms with Crippen LogP contribution in [-0.4, -0.2) is 28.3 Å². The average Bonchev–Trinajstić information content (AvgIpc) is 2.89. The van der Waals surface area contributed by atoms with Crippen LogP contribution >= 0.6 is 0 Å². The third-order valence-corrected chi connectivity index (χ3v) is 3.78. The minimum absolute atomic E-state index is 0.0141. The van der Waals surface area contributed by atoms with Crippen molar-refractivity contribution < 1.29 is 4.79 Å². The molecule has 1 saturated heterocycles. The SMILES string of the molecule is CCc1nc2ccc(C(=O)C3CCCCN3)cc2[nH]1. The lowest BCUT2D eigenvalue weighted by Crippen LogP contribution is -2.40. The van der Waals surface area contributed by atoms with Gasteiger partial charge < -0.3 is 10.3 Å². The maximum Gasteiger partial charge on any atom is 0.179 e. The Morgan fingerprint density at radius 2 is 2.32 bits per heavy atom. The first-order valence-corrected chi connectivity index (χ1v) is 7.04. The van der Waals surface area contributed by atoms with E-state index < -0.39 is 0 Å². The highest BCUT2D eigenvalue weighted by Gasteiger charge is 2.22. The van der Waals surface area contributed by atoms with Crippen LogP contribution in [0.15, 0.2) is 18.2 Å². The van der Waals surface area contributed by atoms with Gasteiger partial charge in [0.25, 0.3) is 0 Å². The molecule has 4 nitrogen and oxygen atoms in total. The molecular weight excluding hydrogens is 238 g/mol. The number of piperidine rings is 1. The van der Waals surface area contributed by atoms with E-state index in [9.17, 15) is 4.79 Å². The highest BCUT2D eigenvalue weighted by Crippen LogP contribution is 2.18. The molecule has 100 valence electrons. The molecule has 0 spiro atoms. The van der Waals surface area contributed by atoms with Crippen LogP contribution in [0.2, 0.25) is 0 Å². The van der Waals surface area contributed by atoms with Crippen molar-refractivity contribution in [2.24, 2.45) is 0 Å². The van der Waals surface area contributed by atoms with Crippen molar-refractivity contribution in [2.75, 3.05) is 6.54 Å². The molecule has 0 radical (unpaired) electrons. The number of nitrogens with zero attached hydrogens (tertiary/aromatic N) is 1. The van der Waals surface area contributed by atoms with Crippen molar-refractivity contribution in [3.8, 4) is 0 Å². The van der Waals surface area contributed by atoms with Gasteiger partial charge in [-0.1, -0.05) is 13.3 Å². The Bertz CT molecular complexity index is 596. The summed E-state index contributed by atoms with van der Waals surface area (Å²) in [6.45, 7) is 3.01. The van der Waals surface area contributed by atoms with Crippen LogP contribution in [-0.2, 0) is 6.42 Å². The number of hydrogen-bond acceptors (Lipinski definition) is 3. The first-order valence-electron chi connectivity index (χ1n) is 7.04. The van der Waals surface area contributed by atoms with E-state index in [0.29, 0.717) is 0 Å². The van der Waals surface area contributed by atoms with E-state index in [1.54, 1.807) is 0 Å². The quantitative estimate of drug-likeness (QED) is 0.830. The van der Waals surface area contributed by atoms with E-state index in [2.05, 4.69) is 22.2 Å². The van der Waals surface area contributed by atoms with Crippen molar-refractivity contribution in [1.29, 1.82) is 0 Å². The lowest BCUT2D eigenvalue weighted by atomic mass is 9.96. The molecule has 0 aliphatic carbocycles. The molecule has 1 aromatic carbocycles. The summed E-state index contributed by atoms with van der Waals surface area (Å²) in [5.41, 5.74) is 2.67. The number of aryl methyl sites for hydroxylation is 1. The van der Waals surface area contributed by atoms with Gasteiger partial charge in [-0.15, -0.1) is 0 Å². The molecule has 1 unspecified atom stereocenters. The molecule has 3 rings (SSSR count). The summed E-state index contributed by atoms with van der Waals surface area (Å²) >= 11 is 0. The molecule has 1 aromatic heterocycles. The second-order valence-corrected chi connectivity index (χ2v) is 5.14. The first-order chi connectivity index (χ1) is 9.28. The molecule has 1 aliphatic rings. The van der Waals surface area contributed by atoms with Gasteiger partial charge in [-0.25, -0.2) is 4.98 Å². The maximum atomic E-state index is 12.4. The van der Waals surface area contributed by atoms with E-state index >= 15 is 0 Å². The van der Waals surface area contributed by atoms with Crippen molar-refractivity contribution >= 4 is 16.8 Å². The molecule has 2 aromatic rings. The molecule has 19 heavy (non-hydrogen) atoms. The van der Waals surface area contributed by atoms with Gasteiger partial charge in [-0.05, 0) is 37.6 Å². The Hall–Kier alpha value is -1.68. The Morgan fingerprint density at radius 1 is 1.42 bits per heavy atom. The number of aromatic amines is 1. The molecule has 2 N–H and O–H groups in total. The Balaban J connectivity index is 1.89. The number of benzene rings is 1. The van der Waals surface area contributed by atoms with Crippen molar-refractivity contribution in [3.05, 3.63) is 29.6 Å². The summed E-state index contributed by atoms with van der Waals surface area (Å²) in [6.07, 6.45) is 4.13. The molecule has 1 atom stereocenters. The summed E-state index contributed by atoms with van der Waals surface area (Å²) in [7, 11) is 0. The molecule has 1 fully saturated rings. The van der Waals surface area contributed by atoms with E-state index in [0.717, 1.165) is 48.2 Å². The van der Waals surface area contributed by atoms with Crippen molar-refractivity contribution in [3.63, 3.8) is 0 Å². The van der Waals surface area contributed by atoms with Crippen LogP contribution in [0.5, 0.6) is 0 Å². The fraction of sp³-hybridized carbons (Fsp3) is 0.467. The molecule has 0 bridgehead atoms. The first kappa shape index (κ1) is 12.4. The minimum Gasteiger partial charge on any atom is -0.342 e. The third-order valence-electron chi connectivity index (χ3n) is 3.78. The summed E-state index contributed by atoms with van der Waals surface area (Å²) in [4.78, 5) is 20.1. The number of hydrogen-bond donors (Lipinski definition) is 2. The molecule has 0 amide bonds. The van der Waals surface area contributed by atoms with E-state index in [1.165, 1.54) is 6.42 Å². The topological polar surface area (TPSA) is 57.8 Å². The normalized spacial score (nSPS) is 19.7. The van der Waals surface area contributed by atoms with Crippen LogP contribution in [0.4, 0.5) is 0 Å². The van der Waals surface area contributed by atoms with Crippen LogP contribution in [0.25, 0.3) is 11.0 Å². The van der Waals surface area contributed by atoms with Gasteiger partial charge in [0.05, 0.1) is 17.1 Å². The number of nitrogens with one attached hydrogen (secondary N) is 2. The van der Waals surface area contributed by atoms with E-state index in [4.69, 9.17) is 0 Å². The lowest BCUT2D eigenvalue weighted by molar-refractivity contribution is 0.0927. The molecular formula is C15H19N3O. The molecule has 2 heterocycles. The Kier molecular flexibility index (Phi) is 3.34. The second-order valence-electron chi connectivity index (χ2n) is 5.14. The van der Waals surface area contributed by atoms with Crippen molar-refractivity contribution in [2.45, 2.75) is 38.6 Å². The van der Waals surface area contributed by atoms with Gasteiger partial charge in [0.1, 0.15) is 5.82 Å². The van der Waals surface area contributed by atoms with Gasteiger partial charge in [0, 0.05) is 12.0 Å². The number of aromatic nitrogens is 2. The molecule has 0 saturated carbocycles. The monoisotopic (exact) mass is 257 g/mol. The van der Waals surface area contributed by atoms with Crippen LogP contribution < -0.4 is 5.32 Å². The number of imidazole rings is 1. The number of rotatable bonds is 3. The smallest absolute Gasteiger partial charge is 0.179 e. The van der Waals surface area contributed by atoms with Gasteiger partial charge in [-0.2, -0.15) is 0 Å². The van der Waals surface area contributed by atoms with Gasteiger partial charge in [-0.3, -0.25) is 4.79 Å². The Morgan fingerprint density at radius 3 is 3.05 bits per heavy atom. The van der Waals surface area contributed by atoms with Crippen LogP contribution in [0, 0.1) is 0 Å². The number of carbonyl (C=O) groups excluding carboxylic acids is 1. The summed E-state index contributed by atoms with van der Waals surface area (Å²) in [5.74, 6) is 1.17. The maximum absolute atomic E-state index is 12.4. The second kappa shape index (κ2) is 5.13. The fourth-order valence-corrected chi connectivity index (χ4v) is 2.66. The predicted octanol–water partition coefficient (Wildman–Crippen LogP) is 2.45. The zero-order valence-corrected chi connectivity index (χ0v) is 11.2. The van der Waals surface area contributed by atoms with E-state index in [-0.39, 0.29) is 11.8 Å².